The van der Waals surface area contributed by atoms with Crippen LogP contribution in [0.1, 0.15) is 29.6 Å². The van der Waals surface area contributed by atoms with Gasteiger partial charge >= 0.3 is 0 Å². The highest BCUT2D eigenvalue weighted by Gasteiger charge is 2.11. The third-order valence-electron chi connectivity index (χ3n) is 3.07. The summed E-state index contributed by atoms with van der Waals surface area (Å²) < 4.78 is 0. The van der Waals surface area contributed by atoms with Crippen LogP contribution in [0.5, 0.6) is 0 Å². The zero-order chi connectivity index (χ0) is 15.0. The van der Waals surface area contributed by atoms with Gasteiger partial charge in [0.05, 0.1) is 6.04 Å². The molecule has 6 N–H and O–H groups in total. The van der Waals surface area contributed by atoms with Gasteiger partial charge in [-0.15, -0.1) is 0 Å². The highest BCUT2D eigenvalue weighted by atomic mass is 16.2. The molecule has 1 aromatic carbocycles. The third kappa shape index (κ3) is 5.27. The van der Waals surface area contributed by atoms with Gasteiger partial charge in [0.2, 0.25) is 5.91 Å². The minimum Gasteiger partial charge on any atom is -0.399 e. The van der Waals surface area contributed by atoms with Gasteiger partial charge < -0.3 is 22.1 Å². The molecule has 0 saturated heterocycles. The number of unbranched alkanes of at least 4 members (excludes halogenated alkanes) is 1. The molecule has 0 saturated carbocycles. The number of carbonyl (C=O) groups is 2. The van der Waals surface area contributed by atoms with Gasteiger partial charge in [0.15, 0.2) is 0 Å². The number of nitrogens with two attached hydrogens (primary N) is 2. The molecule has 0 spiro atoms. The van der Waals surface area contributed by atoms with Crippen LogP contribution in [-0.4, -0.2) is 31.4 Å². The van der Waals surface area contributed by atoms with Gasteiger partial charge in [-0.2, -0.15) is 0 Å². The van der Waals surface area contributed by atoms with Crippen LogP contribution in [0.4, 0.5) is 5.69 Å². The maximum Gasteiger partial charge on any atom is 0.251 e. The molecule has 0 aliphatic heterocycles. The van der Waals surface area contributed by atoms with E-state index in [0.29, 0.717) is 24.2 Å². The minimum absolute atomic E-state index is 0.120. The Labute approximate surface area is 118 Å². The van der Waals surface area contributed by atoms with Crippen molar-refractivity contribution in [3.63, 3.8) is 0 Å². The first-order valence-electron chi connectivity index (χ1n) is 6.65. The van der Waals surface area contributed by atoms with Gasteiger partial charge in [-0.05, 0) is 50.6 Å². The fourth-order valence-corrected chi connectivity index (χ4v) is 1.84. The Morgan fingerprint density at radius 3 is 2.40 bits per heavy atom. The van der Waals surface area contributed by atoms with Crippen LogP contribution >= 0.6 is 0 Å². The van der Waals surface area contributed by atoms with Gasteiger partial charge in [0.25, 0.3) is 5.91 Å². The van der Waals surface area contributed by atoms with E-state index < -0.39 is 0 Å². The Bertz CT molecular complexity index is 445. The van der Waals surface area contributed by atoms with E-state index in [1.807, 2.05) is 0 Å². The summed E-state index contributed by atoms with van der Waals surface area (Å²) in [6.45, 7) is 0.568. The van der Waals surface area contributed by atoms with Crippen molar-refractivity contribution < 1.29 is 9.59 Å². The number of primary amides is 1. The SMILES string of the molecule is CNC(CCCCNC(=O)c1ccc(N)cc1)C(N)=O. The van der Waals surface area contributed by atoms with Gasteiger partial charge in [0.1, 0.15) is 0 Å². The van der Waals surface area contributed by atoms with Crippen molar-refractivity contribution in [2.45, 2.75) is 25.3 Å². The van der Waals surface area contributed by atoms with Crippen LogP contribution in [0, 0.1) is 0 Å². The molecule has 0 heterocycles. The van der Waals surface area contributed by atoms with Crippen LogP contribution in [0.15, 0.2) is 24.3 Å². The highest BCUT2D eigenvalue weighted by Crippen LogP contribution is 2.05. The van der Waals surface area contributed by atoms with Crippen molar-refractivity contribution in [1.82, 2.24) is 10.6 Å². The van der Waals surface area contributed by atoms with Crippen LogP contribution in [0.2, 0.25) is 0 Å². The van der Waals surface area contributed by atoms with Gasteiger partial charge in [-0.25, -0.2) is 0 Å². The Kier molecular flexibility index (Phi) is 6.52. The number of carbonyl (C=O) groups excluding carboxylic acids is 2. The summed E-state index contributed by atoms with van der Waals surface area (Å²) in [6, 6.07) is 6.46. The lowest BCUT2D eigenvalue weighted by Gasteiger charge is -2.11. The molecule has 0 fully saturated rings. The molecule has 1 rings (SSSR count). The Balaban J connectivity index is 2.22. The molecule has 0 aliphatic carbocycles. The molecule has 0 radical (unpaired) electrons. The highest BCUT2D eigenvalue weighted by molar-refractivity contribution is 5.94. The number of anilines is 1. The first-order valence-corrected chi connectivity index (χ1v) is 6.65. The predicted octanol–water partition coefficient (Wildman–Crippen LogP) is 0.242. The molecule has 0 aliphatic rings. The molecular formula is C14H22N4O2. The van der Waals surface area contributed by atoms with Crippen LogP contribution < -0.4 is 22.1 Å². The van der Waals surface area contributed by atoms with Gasteiger partial charge in [-0.3, -0.25) is 9.59 Å². The van der Waals surface area contributed by atoms with Crippen molar-refractivity contribution in [2.24, 2.45) is 5.73 Å². The molecule has 2 amide bonds. The number of hydrogen-bond donors (Lipinski definition) is 4. The minimum atomic E-state index is -0.349. The molecule has 6 heteroatoms. The second-order valence-corrected chi connectivity index (χ2v) is 4.62. The van der Waals surface area contributed by atoms with E-state index in [4.69, 9.17) is 11.5 Å². The maximum atomic E-state index is 11.8. The topological polar surface area (TPSA) is 110 Å². The molecule has 6 nitrogen and oxygen atoms in total. The molecule has 1 unspecified atom stereocenters. The summed E-state index contributed by atoms with van der Waals surface area (Å²) in [4.78, 5) is 22.8. The van der Waals surface area contributed by atoms with Gasteiger partial charge in [-0.1, -0.05) is 0 Å². The second-order valence-electron chi connectivity index (χ2n) is 4.62. The maximum absolute atomic E-state index is 11.8. The van der Waals surface area contributed by atoms with Crippen molar-refractivity contribution in [3.8, 4) is 0 Å². The quantitative estimate of drug-likeness (QED) is 0.403. The van der Waals surface area contributed by atoms with Crippen molar-refractivity contribution >= 4 is 17.5 Å². The van der Waals surface area contributed by atoms with E-state index in [2.05, 4.69) is 10.6 Å². The lowest BCUT2D eigenvalue weighted by molar-refractivity contribution is -0.120. The van der Waals surface area contributed by atoms with Crippen molar-refractivity contribution in [2.75, 3.05) is 19.3 Å². The second kappa shape index (κ2) is 8.16. The number of benzene rings is 1. The van der Waals surface area contributed by atoms with E-state index in [0.717, 1.165) is 12.8 Å². The molecule has 0 bridgehead atoms. The summed E-state index contributed by atoms with van der Waals surface area (Å²) in [6.07, 6.45) is 2.28. The van der Waals surface area contributed by atoms with Crippen molar-refractivity contribution in [3.05, 3.63) is 29.8 Å². The number of rotatable bonds is 8. The summed E-state index contributed by atoms with van der Waals surface area (Å²) in [5.41, 5.74) is 12.0. The van der Waals surface area contributed by atoms with Crippen LogP contribution in [-0.2, 0) is 4.79 Å². The summed E-state index contributed by atoms with van der Waals surface area (Å²) in [5, 5.41) is 5.68. The molecule has 1 atom stereocenters. The summed E-state index contributed by atoms with van der Waals surface area (Å²) in [5.74, 6) is -0.469. The average Bonchev–Trinajstić information content (AvgIpc) is 2.42. The Morgan fingerprint density at radius 2 is 1.85 bits per heavy atom. The zero-order valence-corrected chi connectivity index (χ0v) is 11.7. The monoisotopic (exact) mass is 278 g/mol. The van der Waals surface area contributed by atoms with E-state index in [9.17, 15) is 9.59 Å². The fourth-order valence-electron chi connectivity index (χ4n) is 1.84. The summed E-state index contributed by atoms with van der Waals surface area (Å²) in [7, 11) is 1.71. The number of hydrogen-bond acceptors (Lipinski definition) is 4. The van der Waals surface area contributed by atoms with E-state index in [1.165, 1.54) is 0 Å². The van der Waals surface area contributed by atoms with Crippen LogP contribution in [0.25, 0.3) is 0 Å². The van der Waals surface area contributed by atoms with E-state index in [-0.39, 0.29) is 17.9 Å². The zero-order valence-electron chi connectivity index (χ0n) is 11.7. The lowest BCUT2D eigenvalue weighted by atomic mass is 10.1. The van der Waals surface area contributed by atoms with Gasteiger partial charge in [0, 0.05) is 17.8 Å². The third-order valence-corrected chi connectivity index (χ3v) is 3.07. The lowest BCUT2D eigenvalue weighted by Crippen LogP contribution is -2.39. The Morgan fingerprint density at radius 1 is 1.20 bits per heavy atom. The molecular weight excluding hydrogens is 256 g/mol. The Hall–Kier alpha value is -2.08. The number of likely N-dealkylation sites (N-methyl/N-ethyl adjacent to an activating group) is 1. The molecule has 20 heavy (non-hydrogen) atoms. The smallest absolute Gasteiger partial charge is 0.251 e. The molecule has 110 valence electrons. The van der Waals surface area contributed by atoms with Crippen molar-refractivity contribution in [1.29, 1.82) is 0 Å². The van der Waals surface area contributed by atoms with Crippen LogP contribution in [0.3, 0.4) is 0 Å². The first kappa shape index (κ1) is 16.0. The standard InChI is InChI=1S/C14H22N4O2/c1-17-12(13(16)19)4-2-3-9-18-14(20)10-5-7-11(15)8-6-10/h5-8,12,17H,2-4,9,15H2,1H3,(H2,16,19)(H,18,20). The predicted molar refractivity (Wildman–Crippen MR) is 79.1 cm³/mol. The molecule has 0 aromatic heterocycles. The van der Waals surface area contributed by atoms with E-state index in [1.54, 1.807) is 31.3 Å². The molecule has 1 aromatic rings. The normalized spacial score (nSPS) is 11.8. The fraction of sp³-hybridized carbons (Fsp3) is 0.429. The van der Waals surface area contributed by atoms with E-state index >= 15 is 0 Å². The number of nitrogen functional groups attached to an aromatic ring is 1. The average molecular weight is 278 g/mol. The largest absolute Gasteiger partial charge is 0.399 e. The first-order chi connectivity index (χ1) is 9.54. The number of nitrogens with one attached hydrogen (secondary N) is 2. The number of amides is 2. The summed E-state index contributed by atoms with van der Waals surface area (Å²) >= 11 is 0.